The Kier molecular flexibility index (Phi) is 17.0. The maximum Gasteiger partial charge on any atom is 0.246 e. The number of aliphatic hydroxyl groups excluding tert-OH is 1. The van der Waals surface area contributed by atoms with E-state index in [4.69, 9.17) is 10.5 Å². The molecule has 0 unspecified atom stereocenters. The lowest BCUT2D eigenvalue weighted by Crippen LogP contribution is -2.58. The van der Waals surface area contributed by atoms with E-state index < -0.39 is 23.6 Å². The number of benzene rings is 3. The van der Waals surface area contributed by atoms with Gasteiger partial charge in [-0.1, -0.05) is 81.4 Å². The molecule has 4 heterocycles. The number of aromatic hydroxyl groups is 1. The number of rotatable bonds is 19. The topological polar surface area (TPSA) is 228 Å². The number of carbonyl (C=O) groups excluding carboxylic acids is 4. The summed E-state index contributed by atoms with van der Waals surface area (Å²) in [5.74, 6) is -0.372. The molecule has 4 amide bonds. The molecule has 0 bridgehead atoms. The third kappa shape index (κ3) is 13.8. The Bertz CT molecular complexity index is 2540. The van der Waals surface area contributed by atoms with Crippen LogP contribution in [-0.4, -0.2) is 134 Å². The molecular weight excluding hydrogens is 897 g/mol. The number of likely N-dealkylation sites (tertiary alicyclic amines) is 1. The Morgan fingerprint density at radius 1 is 0.855 bits per heavy atom. The normalized spacial score (nSPS) is 17.0. The molecule has 69 heavy (non-hydrogen) atoms. The van der Waals surface area contributed by atoms with E-state index in [-0.39, 0.29) is 61.1 Å². The molecule has 0 radical (unpaired) electrons. The summed E-state index contributed by atoms with van der Waals surface area (Å²) in [6.07, 6.45) is 0.462. The fourth-order valence-corrected chi connectivity index (χ4v) is 9.29. The first-order chi connectivity index (χ1) is 33.1. The van der Waals surface area contributed by atoms with Gasteiger partial charge >= 0.3 is 0 Å². The van der Waals surface area contributed by atoms with Gasteiger partial charge in [0.05, 0.1) is 28.8 Å². The van der Waals surface area contributed by atoms with Crippen molar-refractivity contribution in [1.29, 1.82) is 0 Å². The third-order valence-electron chi connectivity index (χ3n) is 12.6. The molecule has 2 aliphatic rings. The summed E-state index contributed by atoms with van der Waals surface area (Å²) < 4.78 is 5.92. The van der Waals surface area contributed by atoms with Crippen LogP contribution in [0, 0.1) is 12.3 Å². The highest BCUT2D eigenvalue weighted by Crippen LogP contribution is 2.31. The summed E-state index contributed by atoms with van der Waals surface area (Å²) in [4.78, 5) is 65.1. The van der Waals surface area contributed by atoms with Crippen LogP contribution in [0.5, 0.6) is 11.5 Å². The van der Waals surface area contributed by atoms with Crippen LogP contribution >= 0.6 is 11.3 Å². The minimum Gasteiger partial charge on any atom is -0.507 e. The number of aromatic nitrogens is 3. The number of aliphatic hydroxyl groups is 1. The van der Waals surface area contributed by atoms with Gasteiger partial charge in [-0.15, -0.1) is 21.5 Å². The fourth-order valence-electron chi connectivity index (χ4n) is 8.48. The van der Waals surface area contributed by atoms with Crippen molar-refractivity contribution in [3.8, 4) is 33.2 Å². The van der Waals surface area contributed by atoms with Crippen molar-refractivity contribution in [2.24, 2.45) is 5.41 Å². The van der Waals surface area contributed by atoms with E-state index in [0.717, 1.165) is 59.0 Å². The molecular formula is C51H64N10O7S. The molecule has 366 valence electrons. The lowest BCUT2D eigenvalue weighted by Gasteiger charge is -2.36. The van der Waals surface area contributed by atoms with E-state index in [1.165, 1.54) is 4.90 Å². The van der Waals surface area contributed by atoms with Crippen LogP contribution in [0.15, 0.2) is 84.4 Å². The summed E-state index contributed by atoms with van der Waals surface area (Å²) in [6, 6.07) is 22.7. The number of para-hydroxylation sites is 1. The number of β-amino-alcohol motifs (C(OH)–C–C–N with tert-alkyl or cyclic N) is 1. The van der Waals surface area contributed by atoms with E-state index in [0.29, 0.717) is 56.1 Å². The largest absolute Gasteiger partial charge is 0.507 e. The molecule has 0 aliphatic carbocycles. The zero-order chi connectivity index (χ0) is 49.1. The SMILES string of the molecule is Cc1ncsc1-c1ccc(CNC(=O)[C@@H]2C[C@@H](O)CN2C(=O)[C@@H](NC(=O)CCN2CCN(CCC(=O)NCc3ccc(CCOc4cc(-c5ccccc5O)nnc4N)cc3)CC2)C(C)(C)C)cc1. The Balaban J connectivity index is 0.781. The number of thiazole rings is 1. The maximum absolute atomic E-state index is 14.1. The number of phenols is 1. The molecule has 18 heteroatoms. The van der Waals surface area contributed by atoms with E-state index in [1.807, 2.05) is 81.7 Å². The minimum absolute atomic E-state index is 0.00976. The number of piperazine rings is 1. The summed E-state index contributed by atoms with van der Waals surface area (Å²) in [5, 5.41) is 37.8. The number of nitrogens with one attached hydrogen (secondary N) is 3. The van der Waals surface area contributed by atoms with Gasteiger partial charge in [0.2, 0.25) is 23.6 Å². The second-order valence-electron chi connectivity index (χ2n) is 18.8. The summed E-state index contributed by atoms with van der Waals surface area (Å²) >= 11 is 1.58. The van der Waals surface area contributed by atoms with Crippen LogP contribution in [0.2, 0.25) is 0 Å². The lowest BCUT2D eigenvalue weighted by molar-refractivity contribution is -0.144. The highest BCUT2D eigenvalue weighted by molar-refractivity contribution is 7.13. The van der Waals surface area contributed by atoms with Gasteiger partial charge in [0.1, 0.15) is 23.5 Å². The average Bonchev–Trinajstić information content (AvgIpc) is 3.96. The van der Waals surface area contributed by atoms with Gasteiger partial charge in [-0.2, -0.15) is 0 Å². The first-order valence-corrected chi connectivity index (χ1v) is 24.4. The summed E-state index contributed by atoms with van der Waals surface area (Å²) in [7, 11) is 0. The number of nitrogens with two attached hydrogens (primary N) is 1. The molecule has 2 aromatic heterocycles. The monoisotopic (exact) mass is 960 g/mol. The molecule has 2 aliphatic heterocycles. The van der Waals surface area contributed by atoms with Crippen molar-refractivity contribution < 1.29 is 34.1 Å². The molecule has 2 fully saturated rings. The van der Waals surface area contributed by atoms with Gasteiger partial charge in [0.15, 0.2) is 11.6 Å². The predicted octanol–water partition coefficient (Wildman–Crippen LogP) is 4.31. The number of aryl methyl sites for hydroxylation is 1. The number of hydrogen-bond donors (Lipinski definition) is 6. The smallest absolute Gasteiger partial charge is 0.246 e. The molecule has 2 saturated heterocycles. The molecule has 3 aromatic carbocycles. The first kappa shape index (κ1) is 50.4. The van der Waals surface area contributed by atoms with Crippen LogP contribution < -0.4 is 26.4 Å². The molecule has 3 atom stereocenters. The van der Waals surface area contributed by atoms with Gasteiger partial charge in [-0.3, -0.25) is 19.2 Å². The number of amides is 4. The Hall–Kier alpha value is -6.47. The van der Waals surface area contributed by atoms with Crippen molar-refractivity contribution >= 4 is 40.8 Å². The molecule has 0 saturated carbocycles. The maximum atomic E-state index is 14.1. The zero-order valence-corrected chi connectivity index (χ0v) is 40.6. The van der Waals surface area contributed by atoms with Gasteiger partial charge in [-0.25, -0.2) is 4.98 Å². The second-order valence-corrected chi connectivity index (χ2v) is 19.7. The summed E-state index contributed by atoms with van der Waals surface area (Å²) in [5.41, 5.74) is 13.1. The van der Waals surface area contributed by atoms with Crippen LogP contribution in [-0.2, 0) is 38.7 Å². The zero-order valence-electron chi connectivity index (χ0n) is 39.8. The lowest BCUT2D eigenvalue weighted by atomic mass is 9.85. The van der Waals surface area contributed by atoms with Crippen LogP contribution in [0.4, 0.5) is 5.82 Å². The van der Waals surface area contributed by atoms with Gasteiger partial charge in [0, 0.05) is 96.2 Å². The molecule has 0 spiro atoms. The minimum atomic E-state index is -0.897. The molecule has 5 aromatic rings. The number of ether oxygens (including phenoxy) is 1. The molecule has 7 rings (SSSR count). The fraction of sp³-hybridized carbons (Fsp3) is 0.431. The third-order valence-corrected chi connectivity index (χ3v) is 13.6. The van der Waals surface area contributed by atoms with E-state index >= 15 is 0 Å². The number of anilines is 1. The number of nitrogens with zero attached hydrogens (tertiary/aromatic N) is 6. The Morgan fingerprint density at radius 3 is 2.12 bits per heavy atom. The Labute approximate surface area is 407 Å². The van der Waals surface area contributed by atoms with Crippen LogP contribution in [0.1, 0.15) is 62.4 Å². The first-order valence-electron chi connectivity index (χ1n) is 23.5. The van der Waals surface area contributed by atoms with Crippen LogP contribution in [0.25, 0.3) is 21.7 Å². The number of carbonyl (C=O) groups is 4. The summed E-state index contributed by atoms with van der Waals surface area (Å²) in [6.45, 7) is 12.8. The van der Waals surface area contributed by atoms with E-state index in [2.05, 4.69) is 40.9 Å². The van der Waals surface area contributed by atoms with Crippen molar-refractivity contribution in [1.82, 2.24) is 45.8 Å². The number of phenolic OH excluding ortho intramolecular Hbond substituents is 1. The molecule has 7 N–H and O–H groups in total. The molecule has 17 nitrogen and oxygen atoms in total. The highest BCUT2D eigenvalue weighted by atomic mass is 32.1. The van der Waals surface area contributed by atoms with Gasteiger partial charge in [-0.05, 0) is 46.7 Å². The standard InChI is InChI=1S/C51H64N10O7S/c1-33-46(69-32-55-33)37-15-13-36(14-16-37)30-54-49(66)41-27-38(62)31-61(41)50(67)47(51(2,3)4)56-45(65)18-21-60-24-22-59(23-25-60)20-17-44(64)53-29-35-11-9-34(10-12-35)19-26-68-43-28-40(57-58-48(43)52)39-7-5-6-8-42(39)63/h5-16,28,32,38,41,47,62-63H,17-27,29-31H2,1-4H3,(H2,52,58)(H,53,64)(H,54,66)(H,56,65)/t38-,41+,47-/m1/s1. The van der Waals surface area contributed by atoms with Crippen molar-refractivity contribution in [3.05, 3.63) is 107 Å². The van der Waals surface area contributed by atoms with Gasteiger partial charge < -0.3 is 51.3 Å². The van der Waals surface area contributed by atoms with Crippen molar-refractivity contribution in [2.45, 2.75) is 84.7 Å². The number of nitrogen functional groups attached to an aromatic ring is 1. The Morgan fingerprint density at radius 2 is 1.48 bits per heavy atom. The van der Waals surface area contributed by atoms with E-state index in [1.54, 1.807) is 41.7 Å². The second kappa shape index (κ2) is 23.2. The average molecular weight is 961 g/mol. The van der Waals surface area contributed by atoms with E-state index in [9.17, 15) is 29.4 Å². The quantitative estimate of drug-likeness (QED) is 0.0680. The highest BCUT2D eigenvalue weighted by Gasteiger charge is 2.44. The van der Waals surface area contributed by atoms with Gasteiger partial charge in [0.25, 0.3) is 0 Å². The predicted molar refractivity (Wildman–Crippen MR) is 265 cm³/mol. The number of hydrogen-bond acceptors (Lipinski definition) is 14. The van der Waals surface area contributed by atoms with Crippen LogP contribution in [0.3, 0.4) is 0 Å². The van der Waals surface area contributed by atoms with Crippen molar-refractivity contribution in [3.63, 3.8) is 0 Å². The van der Waals surface area contributed by atoms with Crippen molar-refractivity contribution in [2.75, 3.05) is 58.2 Å².